The van der Waals surface area contributed by atoms with E-state index in [2.05, 4.69) is 42.2 Å². The van der Waals surface area contributed by atoms with Gasteiger partial charge in [-0.15, -0.1) is 0 Å². The van der Waals surface area contributed by atoms with Crippen LogP contribution in [0.25, 0.3) is 0 Å². The Labute approximate surface area is 128 Å². The summed E-state index contributed by atoms with van der Waals surface area (Å²) in [7, 11) is 0. The van der Waals surface area contributed by atoms with Crippen molar-refractivity contribution in [3.63, 3.8) is 0 Å². The van der Waals surface area contributed by atoms with Crippen LogP contribution in [0.15, 0.2) is 39.3 Å². The molecule has 0 bridgehead atoms. The van der Waals surface area contributed by atoms with E-state index in [4.69, 9.17) is 0 Å². The molecule has 0 spiro atoms. The molecule has 1 aromatic carbocycles. The van der Waals surface area contributed by atoms with E-state index >= 15 is 0 Å². The van der Waals surface area contributed by atoms with Crippen molar-refractivity contribution in [3.8, 4) is 0 Å². The molecule has 98 valence electrons. The lowest BCUT2D eigenvalue weighted by atomic mass is 10.1. The molecule has 0 atom stereocenters. The molecule has 1 heterocycles. The smallest absolute Gasteiger partial charge is 0.257 e. The summed E-state index contributed by atoms with van der Waals surface area (Å²) in [5.41, 5.74) is 2.38. The van der Waals surface area contributed by atoms with Gasteiger partial charge in [-0.25, -0.2) is 4.98 Å². The van der Waals surface area contributed by atoms with Crippen molar-refractivity contribution < 1.29 is 4.79 Å². The minimum atomic E-state index is -0.159. The Morgan fingerprint density at radius 3 is 2.53 bits per heavy atom. The Kier molecular flexibility index (Phi) is 4.37. The van der Waals surface area contributed by atoms with Crippen LogP contribution in [0.4, 0.5) is 5.82 Å². The number of hydrogen-bond donors (Lipinski definition) is 1. The van der Waals surface area contributed by atoms with Gasteiger partial charge in [0.05, 0.1) is 5.69 Å². The SMILES string of the molecule is Cc1nc(NC(=O)c2cccc(Br)c2C)ccc1Br. The number of halogens is 2. The van der Waals surface area contributed by atoms with Gasteiger partial charge in [0.2, 0.25) is 0 Å². The van der Waals surface area contributed by atoms with Crippen molar-refractivity contribution in [3.05, 3.63) is 56.1 Å². The number of carbonyl (C=O) groups is 1. The Morgan fingerprint density at radius 1 is 1.11 bits per heavy atom. The van der Waals surface area contributed by atoms with E-state index in [0.717, 1.165) is 20.2 Å². The van der Waals surface area contributed by atoms with Crippen LogP contribution in [0, 0.1) is 13.8 Å². The summed E-state index contributed by atoms with van der Waals surface area (Å²) < 4.78 is 1.84. The summed E-state index contributed by atoms with van der Waals surface area (Å²) in [6.45, 7) is 3.78. The number of carbonyl (C=O) groups excluding carboxylic acids is 1. The van der Waals surface area contributed by atoms with Gasteiger partial charge in [-0.3, -0.25) is 4.79 Å². The standard InChI is InChI=1S/C14H12Br2N2O/c1-8-10(4-3-5-11(8)15)14(19)18-13-7-6-12(16)9(2)17-13/h3-7H,1-2H3,(H,17,18,19). The summed E-state index contributed by atoms with van der Waals surface area (Å²) >= 11 is 6.80. The molecular formula is C14H12Br2N2O. The van der Waals surface area contributed by atoms with Gasteiger partial charge in [-0.2, -0.15) is 0 Å². The molecular weight excluding hydrogens is 372 g/mol. The minimum Gasteiger partial charge on any atom is -0.307 e. The second kappa shape index (κ2) is 5.84. The number of hydrogen-bond acceptors (Lipinski definition) is 2. The highest BCUT2D eigenvalue weighted by molar-refractivity contribution is 9.10. The summed E-state index contributed by atoms with van der Waals surface area (Å²) in [5.74, 6) is 0.387. The molecule has 5 heteroatoms. The van der Waals surface area contributed by atoms with Gasteiger partial charge >= 0.3 is 0 Å². The highest BCUT2D eigenvalue weighted by Crippen LogP contribution is 2.21. The Morgan fingerprint density at radius 2 is 1.84 bits per heavy atom. The molecule has 0 radical (unpaired) electrons. The highest BCUT2D eigenvalue weighted by atomic mass is 79.9. The quantitative estimate of drug-likeness (QED) is 0.830. The number of anilines is 1. The average Bonchev–Trinajstić information content (AvgIpc) is 2.37. The largest absolute Gasteiger partial charge is 0.307 e. The fourth-order valence-electron chi connectivity index (χ4n) is 1.65. The minimum absolute atomic E-state index is 0.159. The summed E-state index contributed by atoms with van der Waals surface area (Å²) in [5, 5.41) is 2.80. The Balaban J connectivity index is 2.26. The molecule has 1 aromatic heterocycles. The topological polar surface area (TPSA) is 42.0 Å². The number of benzene rings is 1. The Hall–Kier alpha value is -1.20. The third kappa shape index (κ3) is 3.22. The number of aryl methyl sites for hydroxylation is 1. The second-order valence-corrected chi connectivity index (χ2v) is 5.84. The predicted octanol–water partition coefficient (Wildman–Crippen LogP) is 4.48. The van der Waals surface area contributed by atoms with Crippen LogP contribution >= 0.6 is 31.9 Å². The van der Waals surface area contributed by atoms with Crippen LogP contribution in [-0.2, 0) is 0 Å². The lowest BCUT2D eigenvalue weighted by molar-refractivity contribution is 0.102. The van der Waals surface area contributed by atoms with Crippen LogP contribution in [0.3, 0.4) is 0 Å². The van der Waals surface area contributed by atoms with Crippen molar-refractivity contribution in [2.45, 2.75) is 13.8 Å². The van der Waals surface area contributed by atoms with Gasteiger partial charge in [0.25, 0.3) is 5.91 Å². The van der Waals surface area contributed by atoms with Crippen molar-refractivity contribution in [2.24, 2.45) is 0 Å². The van der Waals surface area contributed by atoms with Gasteiger partial charge in [0, 0.05) is 14.5 Å². The van der Waals surface area contributed by atoms with Crippen molar-refractivity contribution in [1.29, 1.82) is 0 Å². The van der Waals surface area contributed by atoms with E-state index in [1.165, 1.54) is 0 Å². The molecule has 0 saturated carbocycles. The summed E-state index contributed by atoms with van der Waals surface area (Å²) in [6, 6.07) is 9.18. The first-order chi connectivity index (χ1) is 8.99. The van der Waals surface area contributed by atoms with Gasteiger partial charge < -0.3 is 5.32 Å². The molecule has 0 unspecified atom stereocenters. The van der Waals surface area contributed by atoms with Crippen LogP contribution in [0.1, 0.15) is 21.6 Å². The molecule has 3 nitrogen and oxygen atoms in total. The molecule has 2 rings (SSSR count). The van der Waals surface area contributed by atoms with Gasteiger partial charge in [0.1, 0.15) is 5.82 Å². The molecule has 0 fully saturated rings. The van der Waals surface area contributed by atoms with Crippen molar-refractivity contribution in [1.82, 2.24) is 4.98 Å². The maximum atomic E-state index is 12.2. The maximum Gasteiger partial charge on any atom is 0.257 e. The van der Waals surface area contributed by atoms with Gasteiger partial charge in [-0.05, 0) is 59.6 Å². The number of pyridine rings is 1. The zero-order chi connectivity index (χ0) is 14.0. The molecule has 0 aliphatic rings. The first-order valence-electron chi connectivity index (χ1n) is 5.68. The lowest BCUT2D eigenvalue weighted by Gasteiger charge is -2.09. The summed E-state index contributed by atoms with van der Waals surface area (Å²) in [6.07, 6.45) is 0. The lowest BCUT2D eigenvalue weighted by Crippen LogP contribution is -2.14. The van der Waals surface area contributed by atoms with E-state index in [0.29, 0.717) is 11.4 Å². The zero-order valence-corrected chi connectivity index (χ0v) is 13.7. The first kappa shape index (κ1) is 14.2. The second-order valence-electron chi connectivity index (χ2n) is 4.13. The van der Waals surface area contributed by atoms with E-state index < -0.39 is 0 Å². The zero-order valence-electron chi connectivity index (χ0n) is 10.5. The number of nitrogens with zero attached hydrogens (tertiary/aromatic N) is 1. The number of nitrogens with one attached hydrogen (secondary N) is 1. The molecule has 1 N–H and O–H groups in total. The van der Waals surface area contributed by atoms with E-state index in [9.17, 15) is 4.79 Å². The molecule has 1 amide bonds. The molecule has 19 heavy (non-hydrogen) atoms. The molecule has 0 aliphatic carbocycles. The normalized spacial score (nSPS) is 10.3. The molecule has 2 aromatic rings. The third-order valence-corrected chi connectivity index (χ3v) is 4.47. The average molecular weight is 384 g/mol. The Bertz CT molecular complexity index is 641. The van der Waals surface area contributed by atoms with Crippen molar-refractivity contribution in [2.75, 3.05) is 5.32 Å². The van der Waals surface area contributed by atoms with Crippen LogP contribution in [-0.4, -0.2) is 10.9 Å². The third-order valence-electron chi connectivity index (χ3n) is 2.78. The van der Waals surface area contributed by atoms with Crippen molar-refractivity contribution >= 4 is 43.6 Å². The molecule has 0 saturated heterocycles. The monoisotopic (exact) mass is 382 g/mol. The van der Waals surface area contributed by atoms with Crippen LogP contribution in [0.2, 0.25) is 0 Å². The highest BCUT2D eigenvalue weighted by Gasteiger charge is 2.11. The molecule has 0 aliphatic heterocycles. The fraction of sp³-hybridized carbons (Fsp3) is 0.143. The van der Waals surface area contributed by atoms with E-state index in [1.807, 2.05) is 32.0 Å². The van der Waals surface area contributed by atoms with E-state index in [1.54, 1.807) is 12.1 Å². The number of aromatic nitrogens is 1. The summed E-state index contributed by atoms with van der Waals surface area (Å²) in [4.78, 5) is 16.5. The predicted molar refractivity (Wildman–Crippen MR) is 83.5 cm³/mol. The van der Waals surface area contributed by atoms with Gasteiger partial charge in [0.15, 0.2) is 0 Å². The first-order valence-corrected chi connectivity index (χ1v) is 7.27. The maximum absolute atomic E-state index is 12.2. The van der Waals surface area contributed by atoms with Gasteiger partial charge in [-0.1, -0.05) is 22.0 Å². The van der Waals surface area contributed by atoms with Crippen LogP contribution < -0.4 is 5.32 Å². The van der Waals surface area contributed by atoms with E-state index in [-0.39, 0.29) is 5.91 Å². The number of rotatable bonds is 2. The fourth-order valence-corrected chi connectivity index (χ4v) is 2.24. The number of amides is 1. The van der Waals surface area contributed by atoms with Crippen LogP contribution in [0.5, 0.6) is 0 Å².